The molecule has 0 amide bonds. The zero-order chi connectivity index (χ0) is 12.5. The SMILES string of the molecule is N#C[C@@H]1CCCN1S(=O)(=O)c1ccc(F)cc1. The Morgan fingerprint density at radius 2 is 2.00 bits per heavy atom. The second kappa shape index (κ2) is 4.43. The van der Waals surface area contributed by atoms with Crippen molar-refractivity contribution in [3.8, 4) is 6.07 Å². The molecule has 0 radical (unpaired) electrons. The number of hydrogen-bond donors (Lipinski definition) is 0. The lowest BCUT2D eigenvalue weighted by molar-refractivity contribution is 0.437. The van der Waals surface area contributed by atoms with Crippen LogP contribution in [0.15, 0.2) is 29.2 Å². The van der Waals surface area contributed by atoms with E-state index in [1.165, 1.54) is 16.4 Å². The van der Waals surface area contributed by atoms with Crippen molar-refractivity contribution < 1.29 is 12.8 Å². The second-order valence-corrected chi connectivity index (χ2v) is 5.75. The monoisotopic (exact) mass is 254 g/mol. The van der Waals surface area contributed by atoms with Crippen LogP contribution in [0.1, 0.15) is 12.8 Å². The fourth-order valence-corrected chi connectivity index (χ4v) is 3.51. The molecule has 1 aliphatic rings. The summed E-state index contributed by atoms with van der Waals surface area (Å²) in [5.41, 5.74) is 0. The van der Waals surface area contributed by atoms with Crippen molar-refractivity contribution in [1.82, 2.24) is 4.31 Å². The lowest BCUT2D eigenvalue weighted by Gasteiger charge is -2.18. The molecule has 1 aromatic carbocycles. The third-order valence-corrected chi connectivity index (χ3v) is 4.70. The van der Waals surface area contributed by atoms with Gasteiger partial charge in [0.25, 0.3) is 0 Å². The molecule has 1 atom stereocenters. The fraction of sp³-hybridized carbons (Fsp3) is 0.364. The highest BCUT2D eigenvalue weighted by atomic mass is 32.2. The van der Waals surface area contributed by atoms with E-state index in [1.807, 2.05) is 6.07 Å². The Morgan fingerprint density at radius 3 is 2.59 bits per heavy atom. The maximum atomic E-state index is 12.7. The largest absolute Gasteiger partial charge is 0.244 e. The van der Waals surface area contributed by atoms with E-state index in [9.17, 15) is 12.8 Å². The Labute approximate surface area is 99.3 Å². The van der Waals surface area contributed by atoms with E-state index in [2.05, 4.69) is 0 Å². The lowest BCUT2D eigenvalue weighted by Crippen LogP contribution is -2.34. The van der Waals surface area contributed by atoms with Crippen LogP contribution in [0.3, 0.4) is 0 Å². The topological polar surface area (TPSA) is 61.2 Å². The first-order valence-corrected chi connectivity index (χ1v) is 6.67. The first-order chi connectivity index (χ1) is 8.05. The number of sulfonamides is 1. The van der Waals surface area contributed by atoms with Crippen LogP contribution in [0.25, 0.3) is 0 Å². The van der Waals surface area contributed by atoms with Crippen molar-refractivity contribution in [1.29, 1.82) is 5.26 Å². The third kappa shape index (κ3) is 2.16. The second-order valence-electron chi connectivity index (χ2n) is 3.86. The van der Waals surface area contributed by atoms with E-state index in [0.717, 1.165) is 12.1 Å². The van der Waals surface area contributed by atoms with Gasteiger partial charge in [0.2, 0.25) is 10.0 Å². The van der Waals surface area contributed by atoms with Crippen LogP contribution >= 0.6 is 0 Å². The minimum absolute atomic E-state index is 0.0288. The van der Waals surface area contributed by atoms with E-state index < -0.39 is 21.9 Å². The van der Waals surface area contributed by atoms with Crippen LogP contribution < -0.4 is 0 Å². The van der Waals surface area contributed by atoms with E-state index in [-0.39, 0.29) is 4.90 Å². The molecular formula is C11H11FN2O2S. The summed E-state index contributed by atoms with van der Waals surface area (Å²) in [5, 5.41) is 8.87. The Morgan fingerprint density at radius 1 is 1.35 bits per heavy atom. The van der Waals surface area contributed by atoms with Gasteiger partial charge >= 0.3 is 0 Å². The molecule has 1 aromatic rings. The van der Waals surface area contributed by atoms with Gasteiger partial charge in [0.1, 0.15) is 11.9 Å². The molecule has 0 bridgehead atoms. The summed E-state index contributed by atoms with van der Waals surface area (Å²) in [4.78, 5) is 0.0288. The molecule has 1 heterocycles. The molecule has 90 valence electrons. The van der Waals surface area contributed by atoms with Crippen molar-refractivity contribution in [3.05, 3.63) is 30.1 Å². The van der Waals surface area contributed by atoms with Crippen molar-refractivity contribution in [3.63, 3.8) is 0 Å². The Balaban J connectivity index is 2.37. The van der Waals surface area contributed by atoms with Gasteiger partial charge in [0, 0.05) is 6.54 Å². The van der Waals surface area contributed by atoms with Gasteiger partial charge in [-0.25, -0.2) is 12.8 Å². The average Bonchev–Trinajstić information content (AvgIpc) is 2.78. The van der Waals surface area contributed by atoms with Gasteiger partial charge < -0.3 is 0 Å². The normalized spacial score (nSPS) is 21.3. The minimum atomic E-state index is -3.67. The Kier molecular flexibility index (Phi) is 3.13. The van der Waals surface area contributed by atoms with Gasteiger partial charge in [-0.3, -0.25) is 0 Å². The summed E-state index contributed by atoms with van der Waals surface area (Å²) in [6, 6.07) is 6.01. The molecule has 1 saturated heterocycles. The number of nitrogens with zero attached hydrogens (tertiary/aromatic N) is 2. The highest BCUT2D eigenvalue weighted by Crippen LogP contribution is 2.25. The Bertz CT molecular complexity index is 548. The summed E-state index contributed by atoms with van der Waals surface area (Å²) in [5.74, 6) is -0.484. The molecule has 0 unspecified atom stereocenters. The fourth-order valence-electron chi connectivity index (χ4n) is 1.90. The summed E-state index contributed by atoms with van der Waals surface area (Å²) in [6.07, 6.45) is 1.23. The van der Waals surface area contributed by atoms with Crippen LogP contribution in [0.2, 0.25) is 0 Å². The van der Waals surface area contributed by atoms with Gasteiger partial charge in [0.05, 0.1) is 11.0 Å². The number of hydrogen-bond acceptors (Lipinski definition) is 3. The van der Waals surface area contributed by atoms with Crippen LogP contribution in [0.4, 0.5) is 4.39 Å². The van der Waals surface area contributed by atoms with Gasteiger partial charge in [0.15, 0.2) is 0 Å². The predicted molar refractivity (Wildman–Crippen MR) is 58.9 cm³/mol. The van der Waals surface area contributed by atoms with Crippen LogP contribution in [-0.2, 0) is 10.0 Å². The highest BCUT2D eigenvalue weighted by molar-refractivity contribution is 7.89. The summed E-state index contributed by atoms with van der Waals surface area (Å²) >= 11 is 0. The van der Waals surface area contributed by atoms with E-state index >= 15 is 0 Å². The molecule has 0 spiro atoms. The van der Waals surface area contributed by atoms with Crippen LogP contribution in [0, 0.1) is 17.1 Å². The summed E-state index contributed by atoms with van der Waals surface area (Å²) < 4.78 is 38.2. The molecular weight excluding hydrogens is 243 g/mol. The smallest absolute Gasteiger partial charge is 0.207 e. The molecule has 0 N–H and O–H groups in total. The van der Waals surface area contributed by atoms with Gasteiger partial charge in [-0.1, -0.05) is 0 Å². The number of benzene rings is 1. The molecule has 2 rings (SSSR count). The van der Waals surface area contributed by atoms with Gasteiger partial charge in [-0.05, 0) is 37.1 Å². The maximum absolute atomic E-state index is 12.7. The van der Waals surface area contributed by atoms with Crippen LogP contribution in [0.5, 0.6) is 0 Å². The van der Waals surface area contributed by atoms with Gasteiger partial charge in [-0.15, -0.1) is 0 Å². The average molecular weight is 254 g/mol. The first-order valence-electron chi connectivity index (χ1n) is 5.23. The molecule has 1 aliphatic heterocycles. The van der Waals surface area contributed by atoms with E-state index in [4.69, 9.17) is 5.26 Å². The highest BCUT2D eigenvalue weighted by Gasteiger charge is 2.35. The number of halogens is 1. The zero-order valence-electron chi connectivity index (χ0n) is 9.01. The summed E-state index contributed by atoms with van der Waals surface area (Å²) in [6.45, 7) is 0.345. The van der Waals surface area contributed by atoms with E-state index in [1.54, 1.807) is 0 Å². The standard InChI is InChI=1S/C11H11FN2O2S/c12-9-3-5-11(6-4-9)17(15,16)14-7-1-2-10(14)8-13/h3-6,10H,1-2,7H2/t10-/m0/s1. The molecule has 0 aromatic heterocycles. The molecule has 1 fully saturated rings. The lowest BCUT2D eigenvalue weighted by atomic mass is 10.2. The number of nitriles is 1. The minimum Gasteiger partial charge on any atom is -0.207 e. The molecule has 0 saturated carbocycles. The van der Waals surface area contributed by atoms with Crippen molar-refractivity contribution in [2.45, 2.75) is 23.8 Å². The molecule has 4 nitrogen and oxygen atoms in total. The predicted octanol–water partition coefficient (Wildman–Crippen LogP) is 1.50. The first kappa shape index (κ1) is 12.0. The number of rotatable bonds is 2. The molecule has 6 heteroatoms. The maximum Gasteiger partial charge on any atom is 0.244 e. The molecule has 17 heavy (non-hydrogen) atoms. The van der Waals surface area contributed by atoms with Crippen molar-refractivity contribution >= 4 is 10.0 Å². The van der Waals surface area contributed by atoms with Crippen molar-refractivity contribution in [2.75, 3.05) is 6.54 Å². The molecule has 0 aliphatic carbocycles. The quantitative estimate of drug-likeness (QED) is 0.803. The van der Waals surface area contributed by atoms with Gasteiger partial charge in [-0.2, -0.15) is 9.57 Å². The Hall–Kier alpha value is -1.45. The van der Waals surface area contributed by atoms with Crippen molar-refractivity contribution in [2.24, 2.45) is 0 Å². The third-order valence-electron chi connectivity index (χ3n) is 2.77. The van der Waals surface area contributed by atoms with E-state index in [0.29, 0.717) is 19.4 Å². The zero-order valence-corrected chi connectivity index (χ0v) is 9.82. The summed E-state index contributed by atoms with van der Waals surface area (Å²) in [7, 11) is -3.67. The van der Waals surface area contributed by atoms with Crippen LogP contribution in [-0.4, -0.2) is 25.3 Å².